The Hall–Kier alpha value is -5.09. The molecule has 0 unspecified atom stereocenters. The van der Waals surface area contributed by atoms with Gasteiger partial charge in [-0.2, -0.15) is 0 Å². The third-order valence-electron chi connectivity index (χ3n) is 7.72. The Labute approximate surface area is 262 Å². The van der Waals surface area contributed by atoms with Gasteiger partial charge in [0.15, 0.2) is 11.6 Å². The summed E-state index contributed by atoms with van der Waals surface area (Å²) in [4.78, 5) is 35.7. The molecule has 1 N–H and O–H groups in total. The highest BCUT2D eigenvalue weighted by molar-refractivity contribution is 6.33. The van der Waals surface area contributed by atoms with E-state index in [-0.39, 0.29) is 42.7 Å². The van der Waals surface area contributed by atoms with E-state index in [9.17, 15) is 14.0 Å². The minimum absolute atomic E-state index is 0.00355. The molecule has 6 rings (SSSR count). The van der Waals surface area contributed by atoms with Gasteiger partial charge in [-0.05, 0) is 37.3 Å². The number of carbonyl (C=O) groups excluding carboxylic acids is 2. The molecule has 3 heterocycles. The number of likely N-dealkylation sites (tertiary alicyclic amines) is 1. The lowest BCUT2D eigenvalue weighted by atomic mass is 10.0. The lowest BCUT2D eigenvalue weighted by molar-refractivity contribution is -0.132. The highest BCUT2D eigenvalue weighted by Crippen LogP contribution is 2.35. The number of alkyl halides is 1. The van der Waals surface area contributed by atoms with Crippen LogP contribution in [0.1, 0.15) is 23.7 Å². The van der Waals surface area contributed by atoms with Crippen LogP contribution in [0.5, 0.6) is 11.8 Å². The summed E-state index contributed by atoms with van der Waals surface area (Å²) in [7, 11) is 0. The van der Waals surface area contributed by atoms with E-state index >= 15 is 4.39 Å². The molecule has 0 aliphatic carbocycles. The average Bonchev–Trinajstić information content (AvgIpc) is 3.60. The van der Waals surface area contributed by atoms with Crippen LogP contribution in [0.2, 0.25) is 5.02 Å². The maximum Gasteiger partial charge on any atom is 0.321 e. The van der Waals surface area contributed by atoms with Crippen molar-refractivity contribution in [2.45, 2.75) is 32.1 Å². The van der Waals surface area contributed by atoms with Gasteiger partial charge in [-0.3, -0.25) is 9.59 Å². The zero-order valence-electron chi connectivity index (χ0n) is 24.2. The largest absolute Gasteiger partial charge is 0.424 e. The molecular formula is C34H28ClF2N5O3. The SMILES string of the molecule is C=C(Nc1cccc(-c2ccccc2Cl)c1F)[C@@H]1C[C@@H](F)CN1C(=O)Cn1cc(C(C)=O)c2ccc(Oc3ncccn3)cc21. The quantitative estimate of drug-likeness (QED) is 0.171. The van der Waals surface area contributed by atoms with Gasteiger partial charge in [0.2, 0.25) is 5.91 Å². The van der Waals surface area contributed by atoms with Gasteiger partial charge in [0.25, 0.3) is 0 Å². The monoisotopic (exact) mass is 627 g/mol. The van der Waals surface area contributed by atoms with Crippen LogP contribution < -0.4 is 10.1 Å². The molecule has 1 aliphatic rings. The summed E-state index contributed by atoms with van der Waals surface area (Å²) in [5, 5.41) is 4.02. The van der Waals surface area contributed by atoms with Gasteiger partial charge < -0.3 is 19.5 Å². The molecule has 5 aromatic rings. The second kappa shape index (κ2) is 12.5. The molecule has 1 amide bonds. The molecule has 8 nitrogen and oxygen atoms in total. The van der Waals surface area contributed by atoms with Crippen molar-refractivity contribution >= 4 is 39.9 Å². The molecule has 228 valence electrons. The van der Waals surface area contributed by atoms with Gasteiger partial charge in [0.05, 0.1) is 23.8 Å². The Bertz CT molecular complexity index is 1930. The minimum atomic E-state index is -1.29. The summed E-state index contributed by atoms with van der Waals surface area (Å²) < 4.78 is 37.9. The number of ether oxygens (including phenoxy) is 1. The Morgan fingerprint density at radius 1 is 1.07 bits per heavy atom. The fourth-order valence-electron chi connectivity index (χ4n) is 5.59. The number of halogens is 3. The van der Waals surface area contributed by atoms with Crippen LogP contribution in [0.4, 0.5) is 14.5 Å². The van der Waals surface area contributed by atoms with E-state index in [1.54, 1.807) is 89.9 Å². The number of anilines is 1. The Balaban J connectivity index is 1.24. The van der Waals surface area contributed by atoms with Crippen LogP contribution in [0.15, 0.2) is 97.6 Å². The van der Waals surface area contributed by atoms with Gasteiger partial charge in [-0.1, -0.05) is 48.5 Å². The van der Waals surface area contributed by atoms with Crippen molar-refractivity contribution < 1.29 is 23.1 Å². The standard InChI is InChI=1S/C34H28ClF2N5O3/c1-20(40-29-10-5-8-26(33(29)37)24-7-3-4-9-28(24)35)30-15-22(36)17-42(30)32(44)19-41-18-27(21(2)43)25-12-11-23(16-31(25)41)45-34-38-13-6-14-39-34/h3-14,16,18,22,30,40H,1,15,17,19H2,2H3/t22-,30+/m1/s1. The Morgan fingerprint density at radius 2 is 1.82 bits per heavy atom. The van der Waals surface area contributed by atoms with E-state index in [1.807, 2.05) is 0 Å². The van der Waals surface area contributed by atoms with Crippen molar-refractivity contribution in [2.24, 2.45) is 0 Å². The second-order valence-electron chi connectivity index (χ2n) is 10.7. The molecule has 1 saturated heterocycles. The first-order valence-corrected chi connectivity index (χ1v) is 14.6. The van der Waals surface area contributed by atoms with Crippen molar-refractivity contribution in [1.82, 2.24) is 19.4 Å². The van der Waals surface area contributed by atoms with Crippen LogP contribution in [0.3, 0.4) is 0 Å². The molecule has 0 saturated carbocycles. The zero-order chi connectivity index (χ0) is 31.7. The normalized spacial score (nSPS) is 16.1. The lowest BCUT2D eigenvalue weighted by Gasteiger charge is -2.27. The van der Waals surface area contributed by atoms with Crippen molar-refractivity contribution in [3.63, 3.8) is 0 Å². The summed E-state index contributed by atoms with van der Waals surface area (Å²) in [6.07, 6.45) is 3.41. The highest BCUT2D eigenvalue weighted by Gasteiger charge is 2.37. The smallest absolute Gasteiger partial charge is 0.321 e. The number of hydrogen-bond acceptors (Lipinski definition) is 6. The third kappa shape index (κ3) is 6.14. The molecule has 11 heteroatoms. The molecule has 45 heavy (non-hydrogen) atoms. The lowest BCUT2D eigenvalue weighted by Crippen LogP contribution is -2.40. The van der Waals surface area contributed by atoms with Crippen molar-refractivity contribution in [1.29, 1.82) is 0 Å². The van der Waals surface area contributed by atoms with E-state index in [2.05, 4.69) is 21.9 Å². The van der Waals surface area contributed by atoms with Gasteiger partial charge >= 0.3 is 6.01 Å². The number of Topliss-reactive ketones (excluding diaryl/α,β-unsaturated/α-hetero) is 1. The average molecular weight is 628 g/mol. The molecule has 0 radical (unpaired) electrons. The summed E-state index contributed by atoms with van der Waals surface area (Å²) in [6.45, 7) is 5.17. The van der Waals surface area contributed by atoms with Crippen molar-refractivity contribution in [3.8, 4) is 22.9 Å². The predicted molar refractivity (Wildman–Crippen MR) is 169 cm³/mol. The fourth-order valence-corrected chi connectivity index (χ4v) is 5.83. The number of ketones is 1. The molecule has 0 spiro atoms. The van der Waals surface area contributed by atoms with E-state index in [1.165, 1.54) is 11.8 Å². The third-order valence-corrected chi connectivity index (χ3v) is 8.05. The van der Waals surface area contributed by atoms with Gasteiger partial charge in [-0.25, -0.2) is 18.7 Å². The molecular weight excluding hydrogens is 600 g/mol. The highest BCUT2D eigenvalue weighted by atomic mass is 35.5. The molecule has 1 fully saturated rings. The number of amides is 1. The van der Waals surface area contributed by atoms with E-state index in [4.69, 9.17) is 16.3 Å². The first-order chi connectivity index (χ1) is 21.7. The number of nitrogens with one attached hydrogen (secondary N) is 1. The maximum absolute atomic E-state index is 15.6. The topological polar surface area (TPSA) is 89.4 Å². The van der Waals surface area contributed by atoms with Crippen LogP contribution in [0, 0.1) is 5.82 Å². The van der Waals surface area contributed by atoms with Crippen molar-refractivity contribution in [3.05, 3.63) is 114 Å². The van der Waals surface area contributed by atoms with E-state index < -0.39 is 23.9 Å². The summed E-state index contributed by atoms with van der Waals surface area (Å²) >= 11 is 6.31. The molecule has 3 aromatic carbocycles. The zero-order valence-corrected chi connectivity index (χ0v) is 25.0. The van der Waals surface area contributed by atoms with E-state index in [0.29, 0.717) is 38.4 Å². The van der Waals surface area contributed by atoms with Crippen LogP contribution in [-0.4, -0.2) is 49.9 Å². The number of carbonyl (C=O) groups is 2. The predicted octanol–water partition coefficient (Wildman–Crippen LogP) is 7.45. The molecule has 2 atom stereocenters. The number of nitrogens with zero attached hydrogens (tertiary/aromatic N) is 4. The number of fused-ring (bicyclic) bond motifs is 1. The van der Waals surface area contributed by atoms with Crippen molar-refractivity contribution in [2.75, 3.05) is 11.9 Å². The molecule has 0 bridgehead atoms. The number of hydrogen-bond donors (Lipinski definition) is 1. The first-order valence-electron chi connectivity index (χ1n) is 14.2. The van der Waals surface area contributed by atoms with Gasteiger partial charge in [0.1, 0.15) is 18.5 Å². The van der Waals surface area contributed by atoms with Gasteiger partial charge in [-0.15, -0.1) is 0 Å². The van der Waals surface area contributed by atoms with Crippen LogP contribution >= 0.6 is 11.6 Å². The Kier molecular flexibility index (Phi) is 8.32. The second-order valence-corrected chi connectivity index (χ2v) is 11.1. The number of benzene rings is 3. The summed E-state index contributed by atoms with van der Waals surface area (Å²) in [5.74, 6) is -0.697. The maximum atomic E-state index is 15.6. The summed E-state index contributed by atoms with van der Waals surface area (Å²) in [6, 6.07) is 18.0. The number of rotatable bonds is 9. The van der Waals surface area contributed by atoms with E-state index in [0.717, 1.165) is 0 Å². The first kappa shape index (κ1) is 30.0. The molecule has 1 aliphatic heterocycles. The number of aromatic nitrogens is 3. The fraction of sp³-hybridized carbons (Fsp3) is 0.176. The summed E-state index contributed by atoms with van der Waals surface area (Å²) in [5.41, 5.74) is 2.24. The minimum Gasteiger partial charge on any atom is -0.424 e. The van der Waals surface area contributed by atoms with Crippen LogP contribution in [-0.2, 0) is 11.3 Å². The van der Waals surface area contributed by atoms with Crippen LogP contribution in [0.25, 0.3) is 22.0 Å². The van der Waals surface area contributed by atoms with Gasteiger partial charge in [0, 0.05) is 63.9 Å². The molecule has 2 aromatic heterocycles. The Morgan fingerprint density at radius 3 is 2.58 bits per heavy atom.